The van der Waals surface area contributed by atoms with Crippen LogP contribution in [-0.4, -0.2) is 9.71 Å². The summed E-state index contributed by atoms with van der Waals surface area (Å²) < 4.78 is 13.3. The second-order valence-electron chi connectivity index (χ2n) is 8.78. The molecule has 0 amide bonds. The van der Waals surface area contributed by atoms with Gasteiger partial charge in [0.1, 0.15) is 11.5 Å². The minimum atomic E-state index is 0.653. The first kappa shape index (κ1) is 23.9. The molecule has 0 atom stereocenters. The van der Waals surface area contributed by atoms with E-state index in [1.54, 1.807) is 4.73 Å². The summed E-state index contributed by atoms with van der Waals surface area (Å²) in [5, 5.41) is 0.941. The predicted octanol–water partition coefficient (Wildman–Crippen LogP) is 8.54. The Kier molecular flexibility index (Phi) is 6.81. The Hall–Kier alpha value is -4.52. The highest BCUT2D eigenvalue weighted by Gasteiger charge is 2.17. The number of benzene rings is 4. The molecular formula is C32H24N2O3S. The molecular weight excluding hydrogens is 492 g/mol. The summed E-state index contributed by atoms with van der Waals surface area (Å²) in [6, 6.07) is 38.0. The van der Waals surface area contributed by atoms with Crippen LogP contribution in [0.3, 0.4) is 0 Å². The van der Waals surface area contributed by atoms with Crippen LogP contribution >= 0.6 is 12.0 Å². The van der Waals surface area contributed by atoms with Crippen molar-refractivity contribution in [3.63, 3.8) is 0 Å². The summed E-state index contributed by atoms with van der Waals surface area (Å²) in [5.41, 5.74) is 5.78. The quantitative estimate of drug-likeness (QED) is 0.115. The average Bonchev–Trinajstić information content (AvgIpc) is 3.32. The van der Waals surface area contributed by atoms with Gasteiger partial charge in [-0.3, -0.25) is 0 Å². The lowest BCUT2D eigenvalue weighted by Gasteiger charge is -2.11. The fourth-order valence-corrected chi connectivity index (χ4v) is 4.74. The largest absolute Gasteiger partial charge is 0.457 e. The highest BCUT2D eigenvalue weighted by Crippen LogP contribution is 2.37. The second kappa shape index (κ2) is 10.8. The third-order valence-electron chi connectivity index (χ3n) is 6.09. The molecule has 0 saturated carbocycles. The van der Waals surface area contributed by atoms with Gasteiger partial charge in [-0.2, -0.15) is 0 Å². The number of nitrogens with zero attached hydrogens (tertiary/aromatic N) is 2. The maximum Gasteiger partial charge on any atom is 0.179 e. The van der Waals surface area contributed by atoms with Crippen molar-refractivity contribution >= 4 is 23.1 Å². The molecule has 5 nitrogen and oxygen atoms in total. The van der Waals surface area contributed by atoms with E-state index in [1.165, 1.54) is 5.56 Å². The Morgan fingerprint density at radius 3 is 2.29 bits per heavy atom. The third-order valence-corrected chi connectivity index (χ3v) is 6.69. The van der Waals surface area contributed by atoms with Crippen molar-refractivity contribution in [2.45, 2.75) is 11.8 Å². The number of para-hydroxylation sites is 2. The standard InChI is InChI=1S/C32H24N2O3S/c1-23-11-10-12-24(19-23)30-22-34(36-37-38-27-15-6-3-7-16-27)32-29(30)20-25(21-33-32)28-17-8-9-18-31(28)35-26-13-4-2-5-14-26/h2-22H,1H3. The first-order valence-electron chi connectivity index (χ1n) is 12.2. The zero-order valence-electron chi connectivity index (χ0n) is 20.7. The van der Waals surface area contributed by atoms with Gasteiger partial charge >= 0.3 is 0 Å². The highest BCUT2D eigenvalue weighted by molar-refractivity contribution is 7.94. The molecule has 0 spiro atoms. The molecule has 0 fully saturated rings. The molecule has 186 valence electrons. The number of rotatable bonds is 8. The average molecular weight is 517 g/mol. The summed E-state index contributed by atoms with van der Waals surface area (Å²) in [6.07, 6.45) is 3.74. The van der Waals surface area contributed by atoms with Gasteiger partial charge in [0.25, 0.3) is 0 Å². The van der Waals surface area contributed by atoms with Crippen LogP contribution in [0.2, 0.25) is 0 Å². The van der Waals surface area contributed by atoms with Crippen LogP contribution in [-0.2, 0) is 4.33 Å². The number of ether oxygens (including phenoxy) is 1. The smallest absolute Gasteiger partial charge is 0.179 e. The first-order valence-corrected chi connectivity index (χ1v) is 13.0. The van der Waals surface area contributed by atoms with E-state index in [9.17, 15) is 0 Å². The molecule has 4 aromatic carbocycles. The van der Waals surface area contributed by atoms with Crippen LogP contribution in [0, 0.1) is 6.92 Å². The summed E-state index contributed by atoms with van der Waals surface area (Å²) in [5.74, 6) is 1.54. The van der Waals surface area contributed by atoms with E-state index in [1.807, 2.05) is 97.3 Å². The Morgan fingerprint density at radius 2 is 1.47 bits per heavy atom. The summed E-state index contributed by atoms with van der Waals surface area (Å²) >= 11 is 1.15. The van der Waals surface area contributed by atoms with Gasteiger partial charge in [-0.25, -0.2) is 9.97 Å². The van der Waals surface area contributed by atoms with Gasteiger partial charge in [0, 0.05) is 33.2 Å². The number of hydrogen-bond donors (Lipinski definition) is 0. The number of aromatic nitrogens is 2. The molecule has 0 saturated heterocycles. The van der Waals surface area contributed by atoms with Crippen molar-refractivity contribution in [2.75, 3.05) is 0 Å². The molecule has 2 aromatic heterocycles. The highest BCUT2D eigenvalue weighted by atomic mass is 32.2. The zero-order chi connectivity index (χ0) is 25.7. The van der Waals surface area contributed by atoms with E-state index in [-0.39, 0.29) is 0 Å². The fourth-order valence-electron chi connectivity index (χ4n) is 4.30. The number of pyridine rings is 1. The molecule has 0 aliphatic carbocycles. The van der Waals surface area contributed by atoms with Crippen LogP contribution in [0.1, 0.15) is 5.56 Å². The van der Waals surface area contributed by atoms with Gasteiger partial charge in [-0.1, -0.05) is 88.8 Å². The number of aryl methyl sites for hydroxylation is 1. The van der Waals surface area contributed by atoms with Crippen LogP contribution in [0.5, 0.6) is 11.5 Å². The van der Waals surface area contributed by atoms with E-state index >= 15 is 0 Å². The molecule has 6 heteroatoms. The van der Waals surface area contributed by atoms with Crippen LogP contribution in [0.15, 0.2) is 133 Å². The van der Waals surface area contributed by atoms with Crippen molar-refractivity contribution in [3.05, 3.63) is 133 Å². The monoisotopic (exact) mass is 516 g/mol. The lowest BCUT2D eigenvalue weighted by Crippen LogP contribution is -2.07. The van der Waals surface area contributed by atoms with E-state index in [0.29, 0.717) is 5.65 Å². The van der Waals surface area contributed by atoms with Crippen LogP contribution in [0.4, 0.5) is 0 Å². The molecule has 0 bridgehead atoms. The van der Waals surface area contributed by atoms with Crippen molar-refractivity contribution in [3.8, 4) is 33.8 Å². The fraction of sp³-hybridized carbons (Fsp3) is 0.0312. The zero-order valence-corrected chi connectivity index (χ0v) is 21.5. The number of hydrogen-bond acceptors (Lipinski definition) is 5. The van der Waals surface area contributed by atoms with E-state index in [0.717, 1.165) is 56.1 Å². The Balaban J connectivity index is 1.39. The minimum absolute atomic E-state index is 0.653. The van der Waals surface area contributed by atoms with Crippen molar-refractivity contribution in [2.24, 2.45) is 0 Å². The Morgan fingerprint density at radius 1 is 0.711 bits per heavy atom. The maximum absolute atomic E-state index is 6.23. The molecule has 0 radical (unpaired) electrons. The SMILES string of the molecule is Cc1cccc(-c2cn(OOSc3ccccc3)c3ncc(-c4ccccc4Oc4ccccc4)cc23)c1. The minimum Gasteiger partial charge on any atom is -0.457 e. The number of fused-ring (bicyclic) bond motifs is 1. The second-order valence-corrected chi connectivity index (χ2v) is 9.56. The molecule has 0 aliphatic rings. The molecule has 2 heterocycles. The van der Waals surface area contributed by atoms with Gasteiger partial charge in [0.15, 0.2) is 5.65 Å². The summed E-state index contributed by atoms with van der Waals surface area (Å²) in [6.45, 7) is 2.08. The van der Waals surface area contributed by atoms with Gasteiger partial charge in [0.05, 0.1) is 18.2 Å². The summed E-state index contributed by atoms with van der Waals surface area (Å²) in [7, 11) is 0. The van der Waals surface area contributed by atoms with Gasteiger partial charge in [0.2, 0.25) is 0 Å². The van der Waals surface area contributed by atoms with Gasteiger partial charge in [-0.15, -0.1) is 4.73 Å². The summed E-state index contributed by atoms with van der Waals surface area (Å²) in [4.78, 5) is 11.4. The normalized spacial score (nSPS) is 11.0. The molecule has 38 heavy (non-hydrogen) atoms. The van der Waals surface area contributed by atoms with Crippen molar-refractivity contribution in [1.29, 1.82) is 0 Å². The molecule has 0 aliphatic heterocycles. The van der Waals surface area contributed by atoms with Crippen LogP contribution in [0.25, 0.3) is 33.3 Å². The molecule has 6 aromatic rings. The Bertz CT molecular complexity index is 1680. The topological polar surface area (TPSA) is 45.5 Å². The molecule has 0 unspecified atom stereocenters. The van der Waals surface area contributed by atoms with Gasteiger partial charge < -0.3 is 4.74 Å². The lowest BCUT2D eigenvalue weighted by molar-refractivity contribution is -0.188. The van der Waals surface area contributed by atoms with E-state index in [2.05, 4.69) is 37.3 Å². The van der Waals surface area contributed by atoms with E-state index < -0.39 is 0 Å². The van der Waals surface area contributed by atoms with Gasteiger partial charge in [-0.05, 0) is 48.9 Å². The first-order chi connectivity index (χ1) is 18.7. The maximum atomic E-state index is 6.23. The molecule has 6 rings (SSSR count). The van der Waals surface area contributed by atoms with Crippen molar-refractivity contribution < 1.29 is 14.1 Å². The molecule has 0 N–H and O–H groups in total. The lowest BCUT2D eigenvalue weighted by atomic mass is 10.0. The third kappa shape index (κ3) is 5.13. The Labute approximate surface area is 225 Å². The van der Waals surface area contributed by atoms with E-state index in [4.69, 9.17) is 19.0 Å². The van der Waals surface area contributed by atoms with Crippen LogP contribution < -0.4 is 9.73 Å². The van der Waals surface area contributed by atoms with Crippen molar-refractivity contribution in [1.82, 2.24) is 9.71 Å². The predicted molar refractivity (Wildman–Crippen MR) is 152 cm³/mol.